The maximum absolute atomic E-state index is 12.5. The standard InChI is InChI=1S/C16H24N2O3S2/c1-12-17-14(9-22-12)8-21-11-16-6-2-3-13(16)7-18(10-16)23(19,20)15-4-5-15/h9,13,15H,2-8,10-11H2,1H3/t13-,16+/m0/s1. The highest BCUT2D eigenvalue weighted by molar-refractivity contribution is 7.90. The lowest BCUT2D eigenvalue weighted by molar-refractivity contribution is 0.0279. The van der Waals surface area contributed by atoms with Gasteiger partial charge < -0.3 is 4.74 Å². The van der Waals surface area contributed by atoms with E-state index in [0.717, 1.165) is 36.4 Å². The van der Waals surface area contributed by atoms with Crippen molar-refractivity contribution < 1.29 is 13.2 Å². The molecule has 0 spiro atoms. The van der Waals surface area contributed by atoms with Crippen molar-refractivity contribution in [2.45, 2.75) is 50.9 Å². The SMILES string of the molecule is Cc1nc(COC[C@]23CCC[C@H]2CN(S(=O)(=O)C2CC2)C3)cs1. The summed E-state index contributed by atoms with van der Waals surface area (Å²) < 4.78 is 32.8. The summed E-state index contributed by atoms with van der Waals surface area (Å²) in [5.74, 6) is 0.466. The molecule has 4 rings (SSSR count). The van der Waals surface area contributed by atoms with Gasteiger partial charge in [-0.25, -0.2) is 17.7 Å². The first-order valence-electron chi connectivity index (χ1n) is 8.47. The van der Waals surface area contributed by atoms with E-state index in [2.05, 4.69) is 4.98 Å². The van der Waals surface area contributed by atoms with Gasteiger partial charge in [-0.2, -0.15) is 0 Å². The normalized spacial score (nSPS) is 31.6. The molecular formula is C16H24N2O3S2. The van der Waals surface area contributed by atoms with Gasteiger partial charge in [-0.3, -0.25) is 0 Å². The van der Waals surface area contributed by atoms with E-state index in [9.17, 15) is 8.42 Å². The van der Waals surface area contributed by atoms with Crippen molar-refractivity contribution >= 4 is 21.4 Å². The fraction of sp³-hybridized carbons (Fsp3) is 0.812. The van der Waals surface area contributed by atoms with Crippen LogP contribution in [0.4, 0.5) is 0 Å². The van der Waals surface area contributed by atoms with Crippen LogP contribution in [-0.2, 0) is 21.4 Å². The van der Waals surface area contributed by atoms with Crippen molar-refractivity contribution in [3.63, 3.8) is 0 Å². The Morgan fingerprint density at radius 3 is 2.96 bits per heavy atom. The molecule has 0 N–H and O–H groups in total. The summed E-state index contributed by atoms with van der Waals surface area (Å²) in [6, 6.07) is 0. The molecule has 5 nitrogen and oxygen atoms in total. The van der Waals surface area contributed by atoms with E-state index in [1.165, 1.54) is 6.42 Å². The molecule has 1 saturated heterocycles. The molecule has 23 heavy (non-hydrogen) atoms. The average Bonchev–Trinajstić information content (AvgIpc) is 3.04. The van der Waals surface area contributed by atoms with E-state index >= 15 is 0 Å². The van der Waals surface area contributed by atoms with Crippen molar-refractivity contribution in [3.8, 4) is 0 Å². The minimum atomic E-state index is -3.05. The van der Waals surface area contributed by atoms with E-state index in [0.29, 0.717) is 32.2 Å². The zero-order valence-corrected chi connectivity index (χ0v) is 15.2. The van der Waals surface area contributed by atoms with Crippen LogP contribution in [0, 0.1) is 18.3 Å². The number of hydrogen-bond acceptors (Lipinski definition) is 5. The van der Waals surface area contributed by atoms with Gasteiger partial charge in [0.05, 0.1) is 29.2 Å². The van der Waals surface area contributed by atoms with Crippen LogP contribution in [0.1, 0.15) is 42.8 Å². The molecule has 1 aromatic rings. The fourth-order valence-corrected chi connectivity index (χ4v) is 6.78. The van der Waals surface area contributed by atoms with Gasteiger partial charge in [0.2, 0.25) is 10.0 Å². The molecule has 3 fully saturated rings. The average molecular weight is 357 g/mol. The molecule has 128 valence electrons. The summed E-state index contributed by atoms with van der Waals surface area (Å²) in [7, 11) is -3.05. The zero-order chi connectivity index (χ0) is 16.1. The van der Waals surface area contributed by atoms with Crippen LogP contribution >= 0.6 is 11.3 Å². The van der Waals surface area contributed by atoms with E-state index < -0.39 is 10.0 Å². The van der Waals surface area contributed by atoms with Crippen LogP contribution in [-0.4, -0.2) is 42.7 Å². The molecule has 1 aromatic heterocycles. The number of fused-ring (bicyclic) bond motifs is 1. The number of hydrogen-bond donors (Lipinski definition) is 0. The summed E-state index contributed by atoms with van der Waals surface area (Å²) >= 11 is 1.64. The van der Waals surface area contributed by atoms with Crippen LogP contribution in [0.5, 0.6) is 0 Å². The highest BCUT2D eigenvalue weighted by atomic mass is 32.2. The largest absolute Gasteiger partial charge is 0.374 e. The lowest BCUT2D eigenvalue weighted by Crippen LogP contribution is -2.36. The number of sulfonamides is 1. The fourth-order valence-electron chi connectivity index (χ4n) is 4.21. The number of rotatable bonds is 6. The molecule has 0 unspecified atom stereocenters. The molecule has 1 aliphatic heterocycles. The van der Waals surface area contributed by atoms with Gasteiger partial charge in [-0.15, -0.1) is 11.3 Å². The molecule has 2 aliphatic carbocycles. The summed E-state index contributed by atoms with van der Waals surface area (Å²) in [6.07, 6.45) is 5.10. The number of thiazole rings is 1. The van der Waals surface area contributed by atoms with Gasteiger partial charge in [0.1, 0.15) is 0 Å². The first kappa shape index (κ1) is 16.0. The predicted octanol–water partition coefficient (Wildman–Crippen LogP) is 2.56. The monoisotopic (exact) mass is 356 g/mol. The van der Waals surface area contributed by atoms with Crippen LogP contribution in [0.3, 0.4) is 0 Å². The Balaban J connectivity index is 1.41. The number of ether oxygens (including phenoxy) is 1. The molecule has 7 heteroatoms. The Morgan fingerprint density at radius 1 is 1.43 bits per heavy atom. The molecule has 0 bridgehead atoms. The second-order valence-electron chi connectivity index (χ2n) is 7.34. The van der Waals surface area contributed by atoms with Crippen LogP contribution < -0.4 is 0 Å². The minimum absolute atomic E-state index is 0.0347. The molecular weight excluding hydrogens is 332 g/mol. The maximum Gasteiger partial charge on any atom is 0.217 e. The molecule has 2 heterocycles. The van der Waals surface area contributed by atoms with E-state index in [-0.39, 0.29) is 10.7 Å². The number of aromatic nitrogens is 1. The molecule has 0 amide bonds. The molecule has 2 atom stereocenters. The summed E-state index contributed by atoms with van der Waals surface area (Å²) in [5.41, 5.74) is 1.02. The lowest BCUT2D eigenvalue weighted by atomic mass is 9.82. The minimum Gasteiger partial charge on any atom is -0.374 e. The summed E-state index contributed by atoms with van der Waals surface area (Å²) in [4.78, 5) is 4.43. The predicted molar refractivity (Wildman–Crippen MR) is 89.8 cm³/mol. The van der Waals surface area contributed by atoms with Gasteiger partial charge in [-0.05, 0) is 38.5 Å². The van der Waals surface area contributed by atoms with Crippen LogP contribution in [0.25, 0.3) is 0 Å². The number of aryl methyl sites for hydroxylation is 1. The first-order valence-corrected chi connectivity index (χ1v) is 10.9. The second-order valence-corrected chi connectivity index (χ2v) is 10.6. The summed E-state index contributed by atoms with van der Waals surface area (Å²) in [6.45, 7) is 4.56. The van der Waals surface area contributed by atoms with Gasteiger partial charge >= 0.3 is 0 Å². The Labute approximate surface area is 142 Å². The topological polar surface area (TPSA) is 59.5 Å². The second kappa shape index (κ2) is 5.79. The van der Waals surface area contributed by atoms with E-state index in [1.54, 1.807) is 15.6 Å². The Hall–Kier alpha value is -0.500. The Bertz CT molecular complexity index is 683. The van der Waals surface area contributed by atoms with Crippen LogP contribution in [0.2, 0.25) is 0 Å². The first-order chi connectivity index (χ1) is 11.0. The van der Waals surface area contributed by atoms with Crippen molar-refractivity contribution in [3.05, 3.63) is 16.1 Å². The molecule has 0 aromatic carbocycles. The lowest BCUT2D eigenvalue weighted by Gasteiger charge is -2.28. The van der Waals surface area contributed by atoms with Gasteiger partial charge in [0.15, 0.2) is 0 Å². The van der Waals surface area contributed by atoms with Crippen LogP contribution in [0.15, 0.2) is 5.38 Å². The maximum atomic E-state index is 12.5. The highest BCUT2D eigenvalue weighted by Crippen LogP contribution is 2.50. The van der Waals surface area contributed by atoms with E-state index in [4.69, 9.17) is 4.74 Å². The highest BCUT2D eigenvalue weighted by Gasteiger charge is 2.54. The molecule has 3 aliphatic rings. The third kappa shape index (κ3) is 2.97. The van der Waals surface area contributed by atoms with Gasteiger partial charge in [0.25, 0.3) is 0 Å². The number of nitrogens with zero attached hydrogens (tertiary/aromatic N) is 2. The smallest absolute Gasteiger partial charge is 0.217 e. The van der Waals surface area contributed by atoms with Crippen molar-refractivity contribution in [2.75, 3.05) is 19.7 Å². The van der Waals surface area contributed by atoms with Gasteiger partial charge in [0, 0.05) is 23.9 Å². The third-order valence-corrected chi connectivity index (χ3v) is 8.75. The molecule has 2 saturated carbocycles. The quantitative estimate of drug-likeness (QED) is 0.786. The zero-order valence-electron chi connectivity index (χ0n) is 13.5. The van der Waals surface area contributed by atoms with Gasteiger partial charge in [-0.1, -0.05) is 6.42 Å². The van der Waals surface area contributed by atoms with Crippen molar-refractivity contribution in [2.24, 2.45) is 11.3 Å². The summed E-state index contributed by atoms with van der Waals surface area (Å²) in [5, 5.41) is 3.00. The molecule has 0 radical (unpaired) electrons. The van der Waals surface area contributed by atoms with Crippen molar-refractivity contribution in [1.29, 1.82) is 0 Å². The Kier molecular flexibility index (Phi) is 4.03. The Morgan fingerprint density at radius 2 is 2.26 bits per heavy atom. The van der Waals surface area contributed by atoms with Crippen molar-refractivity contribution in [1.82, 2.24) is 9.29 Å². The third-order valence-electron chi connectivity index (χ3n) is 5.62. The van der Waals surface area contributed by atoms with E-state index in [1.807, 2.05) is 12.3 Å².